The Hall–Kier alpha value is -1.69. The molecule has 0 bridgehead atoms. The van der Waals surface area contributed by atoms with Crippen molar-refractivity contribution in [2.75, 3.05) is 0 Å². The summed E-state index contributed by atoms with van der Waals surface area (Å²) in [6, 6.07) is 9.94. The fourth-order valence-electron chi connectivity index (χ4n) is 1.51. The SMILES string of the molecule is O=[N+]([O-])c1nn(CCc2ccccc2)cc1Br. The maximum atomic E-state index is 10.6. The van der Waals surface area contributed by atoms with Gasteiger partial charge in [0.05, 0.1) is 17.8 Å². The maximum absolute atomic E-state index is 10.6. The van der Waals surface area contributed by atoms with Crippen molar-refractivity contribution < 1.29 is 4.92 Å². The molecule has 1 aromatic heterocycles. The molecule has 1 aromatic carbocycles. The summed E-state index contributed by atoms with van der Waals surface area (Å²) in [6.07, 6.45) is 2.42. The van der Waals surface area contributed by atoms with Crippen LogP contribution in [0, 0.1) is 10.1 Å². The number of rotatable bonds is 4. The molecule has 0 saturated carbocycles. The van der Waals surface area contributed by atoms with Gasteiger partial charge in [-0.2, -0.15) is 4.68 Å². The van der Waals surface area contributed by atoms with Gasteiger partial charge in [-0.3, -0.25) is 0 Å². The Morgan fingerprint density at radius 1 is 1.35 bits per heavy atom. The smallest absolute Gasteiger partial charge is 0.358 e. The van der Waals surface area contributed by atoms with Crippen molar-refractivity contribution in [2.24, 2.45) is 0 Å². The van der Waals surface area contributed by atoms with Crippen molar-refractivity contribution in [3.05, 3.63) is 56.7 Å². The minimum absolute atomic E-state index is 0.141. The van der Waals surface area contributed by atoms with Crippen LogP contribution in [0.15, 0.2) is 41.0 Å². The van der Waals surface area contributed by atoms with Crippen LogP contribution in [0.2, 0.25) is 0 Å². The predicted molar refractivity (Wildman–Crippen MR) is 66.7 cm³/mol. The first-order valence-corrected chi connectivity index (χ1v) is 5.87. The summed E-state index contributed by atoms with van der Waals surface area (Å²) in [4.78, 5) is 10.1. The van der Waals surface area contributed by atoms with Crippen molar-refractivity contribution in [1.82, 2.24) is 9.78 Å². The van der Waals surface area contributed by atoms with Crippen LogP contribution in [-0.4, -0.2) is 14.7 Å². The average molecular weight is 296 g/mol. The third kappa shape index (κ3) is 2.91. The molecule has 0 saturated heterocycles. The number of aromatic nitrogens is 2. The molecule has 0 spiro atoms. The van der Waals surface area contributed by atoms with Gasteiger partial charge < -0.3 is 10.1 Å². The molecule has 0 radical (unpaired) electrons. The number of hydrogen-bond donors (Lipinski definition) is 0. The largest absolute Gasteiger partial charge is 0.404 e. The summed E-state index contributed by atoms with van der Waals surface area (Å²) in [5, 5.41) is 14.5. The molecule has 5 nitrogen and oxygen atoms in total. The van der Waals surface area contributed by atoms with E-state index in [1.807, 2.05) is 30.3 Å². The summed E-state index contributed by atoms with van der Waals surface area (Å²) in [7, 11) is 0. The third-order valence-electron chi connectivity index (χ3n) is 2.34. The molecule has 0 aliphatic carbocycles. The van der Waals surface area contributed by atoms with E-state index in [-0.39, 0.29) is 5.82 Å². The molecule has 0 N–H and O–H groups in total. The summed E-state index contributed by atoms with van der Waals surface area (Å²) < 4.78 is 1.99. The monoisotopic (exact) mass is 295 g/mol. The highest BCUT2D eigenvalue weighted by atomic mass is 79.9. The zero-order valence-corrected chi connectivity index (χ0v) is 10.5. The van der Waals surface area contributed by atoms with Crippen LogP contribution >= 0.6 is 15.9 Å². The Morgan fingerprint density at radius 2 is 2.06 bits per heavy atom. The molecule has 17 heavy (non-hydrogen) atoms. The second kappa shape index (κ2) is 5.09. The van der Waals surface area contributed by atoms with E-state index in [9.17, 15) is 10.1 Å². The van der Waals surface area contributed by atoms with E-state index in [0.29, 0.717) is 11.0 Å². The highest BCUT2D eigenvalue weighted by Crippen LogP contribution is 2.22. The normalized spacial score (nSPS) is 10.4. The highest BCUT2D eigenvalue weighted by molar-refractivity contribution is 9.10. The first-order valence-electron chi connectivity index (χ1n) is 5.08. The third-order valence-corrected chi connectivity index (χ3v) is 2.90. The van der Waals surface area contributed by atoms with Gasteiger partial charge in [0.2, 0.25) is 0 Å². The van der Waals surface area contributed by atoms with Gasteiger partial charge in [0.15, 0.2) is 0 Å². The van der Waals surface area contributed by atoms with Crippen LogP contribution in [0.25, 0.3) is 0 Å². The van der Waals surface area contributed by atoms with Gasteiger partial charge >= 0.3 is 5.82 Å². The standard InChI is InChI=1S/C11H10BrN3O2/c12-10-8-14(13-11(10)15(16)17)7-6-9-4-2-1-3-5-9/h1-5,8H,6-7H2. The lowest BCUT2D eigenvalue weighted by atomic mass is 10.2. The second-order valence-electron chi connectivity index (χ2n) is 3.56. The van der Waals surface area contributed by atoms with Gasteiger partial charge in [-0.15, -0.1) is 0 Å². The molecule has 0 unspecified atom stereocenters. The van der Waals surface area contributed by atoms with Crippen molar-refractivity contribution >= 4 is 21.7 Å². The number of aryl methyl sites for hydroxylation is 2. The lowest BCUT2D eigenvalue weighted by Crippen LogP contribution is -2.02. The predicted octanol–water partition coefficient (Wildman–Crippen LogP) is 2.80. The summed E-state index contributed by atoms with van der Waals surface area (Å²) in [5.74, 6) is -0.141. The molecule has 2 aromatic rings. The van der Waals surface area contributed by atoms with E-state index in [1.54, 1.807) is 10.9 Å². The zero-order chi connectivity index (χ0) is 12.3. The van der Waals surface area contributed by atoms with E-state index in [4.69, 9.17) is 0 Å². The van der Waals surface area contributed by atoms with Crippen molar-refractivity contribution in [2.45, 2.75) is 13.0 Å². The van der Waals surface area contributed by atoms with Crippen LogP contribution in [-0.2, 0) is 13.0 Å². The summed E-state index contributed by atoms with van der Waals surface area (Å²) >= 11 is 3.12. The molecule has 0 aliphatic rings. The number of nitro groups is 1. The van der Waals surface area contributed by atoms with E-state index in [0.717, 1.165) is 6.42 Å². The Kier molecular flexibility index (Phi) is 3.53. The van der Waals surface area contributed by atoms with E-state index in [2.05, 4.69) is 21.0 Å². The number of benzene rings is 1. The Balaban J connectivity index is 2.05. The Bertz CT molecular complexity index is 525. The molecule has 88 valence electrons. The van der Waals surface area contributed by atoms with Gasteiger partial charge in [0, 0.05) is 0 Å². The van der Waals surface area contributed by atoms with Crippen LogP contribution in [0.4, 0.5) is 5.82 Å². The summed E-state index contributed by atoms with van der Waals surface area (Å²) in [5.41, 5.74) is 1.18. The lowest BCUT2D eigenvalue weighted by Gasteiger charge is -1.98. The van der Waals surface area contributed by atoms with E-state index >= 15 is 0 Å². The van der Waals surface area contributed by atoms with Gasteiger partial charge in [-0.25, -0.2) is 0 Å². The van der Waals surface area contributed by atoms with Crippen LogP contribution in [0.5, 0.6) is 0 Å². The van der Waals surface area contributed by atoms with Gasteiger partial charge in [-0.05, 0) is 32.8 Å². The second-order valence-corrected chi connectivity index (χ2v) is 4.41. The van der Waals surface area contributed by atoms with E-state index in [1.165, 1.54) is 5.56 Å². The molecule has 6 heteroatoms. The topological polar surface area (TPSA) is 61.0 Å². The fraction of sp³-hybridized carbons (Fsp3) is 0.182. The quantitative estimate of drug-likeness (QED) is 0.644. The van der Waals surface area contributed by atoms with Gasteiger partial charge in [0.1, 0.15) is 4.47 Å². The van der Waals surface area contributed by atoms with Crippen LogP contribution in [0.3, 0.4) is 0 Å². The van der Waals surface area contributed by atoms with Crippen LogP contribution in [0.1, 0.15) is 5.56 Å². The molecular formula is C11H10BrN3O2. The molecule has 0 amide bonds. The molecule has 1 heterocycles. The molecule has 2 rings (SSSR count). The zero-order valence-electron chi connectivity index (χ0n) is 8.91. The van der Waals surface area contributed by atoms with Crippen molar-refractivity contribution in [3.8, 4) is 0 Å². The number of nitrogens with zero attached hydrogens (tertiary/aromatic N) is 3. The van der Waals surface area contributed by atoms with Crippen LogP contribution < -0.4 is 0 Å². The van der Waals surface area contributed by atoms with Crippen molar-refractivity contribution in [1.29, 1.82) is 0 Å². The maximum Gasteiger partial charge on any atom is 0.404 e. The minimum Gasteiger partial charge on any atom is -0.358 e. The lowest BCUT2D eigenvalue weighted by molar-refractivity contribution is -0.390. The van der Waals surface area contributed by atoms with Crippen molar-refractivity contribution in [3.63, 3.8) is 0 Å². The average Bonchev–Trinajstić information content (AvgIpc) is 2.69. The first kappa shape index (κ1) is 11.8. The molecule has 0 atom stereocenters. The molecular weight excluding hydrogens is 286 g/mol. The number of halogens is 1. The minimum atomic E-state index is -0.497. The van der Waals surface area contributed by atoms with E-state index < -0.39 is 4.92 Å². The van der Waals surface area contributed by atoms with Gasteiger partial charge in [0.25, 0.3) is 0 Å². The Labute approximate surface area is 106 Å². The van der Waals surface area contributed by atoms with Gasteiger partial charge in [-0.1, -0.05) is 30.3 Å². The summed E-state index contributed by atoms with van der Waals surface area (Å²) in [6.45, 7) is 0.621. The highest BCUT2D eigenvalue weighted by Gasteiger charge is 2.17. The Morgan fingerprint density at radius 3 is 2.65 bits per heavy atom. The molecule has 0 fully saturated rings. The fourth-order valence-corrected chi connectivity index (χ4v) is 1.97. The first-order chi connectivity index (χ1) is 8.16. The number of hydrogen-bond acceptors (Lipinski definition) is 3. The molecule has 0 aliphatic heterocycles.